The Balaban J connectivity index is 0.000000168. The Bertz CT molecular complexity index is 2290. The third-order valence-electron chi connectivity index (χ3n) is 9.18. The van der Waals surface area contributed by atoms with E-state index < -0.39 is 0 Å². The standard InChI is InChI=1S/C23H20N2.C22H19N3.C3H9N/c1-25(20-10-6-3-7-11-20)21-13-14-22-19(16-21)17-24-23(22)15-12-18-8-4-2-5-9-18;1-25(18-10-6-3-7-11-18)19-13-14-20-21(23-24-22(20)16-19)15-12-17-8-4-2-5-9-17;1-2-3-4/h2-16H,17H2,1H3;2-16H,1H3,(H,23,24);2-4H2,1H3/b2*15-12+;. The number of rotatable bonds is 9. The van der Waals surface area contributed by atoms with Gasteiger partial charge in [0.15, 0.2) is 0 Å². The number of aromatic amines is 1. The number of fused-ring (bicyclic) bond motifs is 2. The quantitative estimate of drug-likeness (QED) is 0.157. The first kappa shape index (κ1) is 37.3. The van der Waals surface area contributed by atoms with Gasteiger partial charge in [-0.05, 0) is 96.4 Å². The number of hydrogen-bond donors (Lipinski definition) is 2. The van der Waals surface area contributed by atoms with Crippen LogP contribution in [-0.4, -0.2) is 36.5 Å². The lowest BCUT2D eigenvalue weighted by Gasteiger charge is -2.20. The van der Waals surface area contributed by atoms with Crippen LogP contribution in [0.1, 0.15) is 41.3 Å². The number of para-hydroxylation sites is 2. The molecule has 1 aromatic heterocycles. The molecule has 3 N–H and O–H groups in total. The summed E-state index contributed by atoms with van der Waals surface area (Å²) in [5.41, 5.74) is 17.6. The molecule has 7 aromatic rings. The van der Waals surface area contributed by atoms with Crippen LogP contribution < -0.4 is 15.5 Å². The summed E-state index contributed by atoms with van der Waals surface area (Å²) >= 11 is 0. The van der Waals surface area contributed by atoms with Gasteiger partial charge in [-0.2, -0.15) is 5.10 Å². The molecule has 54 heavy (non-hydrogen) atoms. The second-order valence-electron chi connectivity index (χ2n) is 12.9. The molecule has 0 unspecified atom stereocenters. The molecule has 0 spiro atoms. The lowest BCUT2D eigenvalue weighted by molar-refractivity contribution is 0.932. The van der Waals surface area contributed by atoms with E-state index >= 15 is 0 Å². The van der Waals surface area contributed by atoms with Gasteiger partial charge in [0.1, 0.15) is 0 Å². The van der Waals surface area contributed by atoms with Crippen LogP contribution in [0.5, 0.6) is 0 Å². The maximum atomic E-state index is 5.03. The van der Waals surface area contributed by atoms with Crippen molar-refractivity contribution in [2.75, 3.05) is 30.4 Å². The van der Waals surface area contributed by atoms with Crippen molar-refractivity contribution in [3.8, 4) is 0 Å². The molecular weight excluding hydrogens is 661 g/mol. The van der Waals surface area contributed by atoms with Gasteiger partial charge in [0.05, 0.1) is 23.5 Å². The first-order valence-electron chi connectivity index (χ1n) is 18.4. The molecule has 0 aliphatic carbocycles. The molecule has 1 aliphatic heterocycles. The molecule has 8 rings (SSSR count). The molecule has 1 aliphatic rings. The van der Waals surface area contributed by atoms with Crippen LogP contribution in [0, 0.1) is 0 Å². The van der Waals surface area contributed by atoms with E-state index in [-0.39, 0.29) is 0 Å². The Morgan fingerprint density at radius 1 is 0.593 bits per heavy atom. The van der Waals surface area contributed by atoms with E-state index in [4.69, 9.17) is 10.7 Å². The highest BCUT2D eigenvalue weighted by Gasteiger charge is 2.15. The fourth-order valence-corrected chi connectivity index (χ4v) is 6.01. The summed E-state index contributed by atoms with van der Waals surface area (Å²) in [5, 5.41) is 8.72. The zero-order valence-corrected chi connectivity index (χ0v) is 31.3. The molecule has 0 saturated heterocycles. The van der Waals surface area contributed by atoms with Crippen LogP contribution in [0.25, 0.3) is 29.1 Å². The van der Waals surface area contributed by atoms with Gasteiger partial charge in [-0.25, -0.2) is 0 Å². The predicted octanol–water partition coefficient (Wildman–Crippen LogP) is 11.3. The molecule has 6 nitrogen and oxygen atoms in total. The molecule has 0 bridgehead atoms. The monoisotopic (exact) mass is 708 g/mol. The molecule has 0 fully saturated rings. The van der Waals surface area contributed by atoms with Gasteiger partial charge in [0, 0.05) is 47.8 Å². The van der Waals surface area contributed by atoms with Crippen molar-refractivity contribution in [1.29, 1.82) is 0 Å². The Labute approximate surface area is 319 Å². The van der Waals surface area contributed by atoms with Gasteiger partial charge < -0.3 is 15.5 Å². The minimum atomic E-state index is 0.750. The average Bonchev–Trinajstić information content (AvgIpc) is 3.86. The smallest absolute Gasteiger partial charge is 0.0927 e. The number of aromatic nitrogens is 2. The van der Waals surface area contributed by atoms with E-state index in [0.29, 0.717) is 0 Å². The van der Waals surface area contributed by atoms with Crippen LogP contribution in [0.4, 0.5) is 22.7 Å². The summed E-state index contributed by atoms with van der Waals surface area (Å²) < 4.78 is 0. The fraction of sp³-hybridized carbons (Fsp3) is 0.125. The van der Waals surface area contributed by atoms with Gasteiger partial charge in [-0.3, -0.25) is 10.1 Å². The zero-order chi connectivity index (χ0) is 37.5. The zero-order valence-electron chi connectivity index (χ0n) is 31.3. The predicted molar refractivity (Wildman–Crippen MR) is 232 cm³/mol. The van der Waals surface area contributed by atoms with E-state index in [1.807, 2.05) is 48.5 Å². The Morgan fingerprint density at radius 2 is 1.09 bits per heavy atom. The summed E-state index contributed by atoms with van der Waals surface area (Å²) in [5.74, 6) is 0. The van der Waals surface area contributed by atoms with E-state index in [9.17, 15) is 0 Å². The number of hydrogen-bond acceptors (Lipinski definition) is 5. The second kappa shape index (κ2) is 18.8. The minimum absolute atomic E-state index is 0.750. The number of nitrogens with one attached hydrogen (secondary N) is 1. The van der Waals surface area contributed by atoms with E-state index in [1.54, 1.807) is 0 Å². The lowest BCUT2D eigenvalue weighted by atomic mass is 10.0. The van der Waals surface area contributed by atoms with E-state index in [1.165, 1.54) is 33.6 Å². The van der Waals surface area contributed by atoms with Crippen molar-refractivity contribution in [3.05, 3.63) is 192 Å². The fourth-order valence-electron chi connectivity index (χ4n) is 6.01. The van der Waals surface area contributed by atoms with Gasteiger partial charge in [-0.1, -0.05) is 122 Å². The van der Waals surface area contributed by atoms with Crippen molar-refractivity contribution in [1.82, 2.24) is 10.2 Å². The highest BCUT2D eigenvalue weighted by Crippen LogP contribution is 2.30. The minimum Gasteiger partial charge on any atom is -0.345 e. The number of nitrogens with two attached hydrogens (primary N) is 1. The van der Waals surface area contributed by atoms with Crippen molar-refractivity contribution < 1.29 is 0 Å². The number of benzene rings is 6. The van der Waals surface area contributed by atoms with Crippen LogP contribution in [0.2, 0.25) is 0 Å². The third-order valence-corrected chi connectivity index (χ3v) is 9.18. The number of allylic oxidation sites excluding steroid dienone is 1. The van der Waals surface area contributed by atoms with Gasteiger partial charge in [0.2, 0.25) is 0 Å². The van der Waals surface area contributed by atoms with Crippen molar-refractivity contribution in [2.45, 2.75) is 19.9 Å². The highest BCUT2D eigenvalue weighted by atomic mass is 15.1. The van der Waals surface area contributed by atoms with Gasteiger partial charge in [0.25, 0.3) is 0 Å². The molecule has 0 amide bonds. The molecule has 2 heterocycles. The topological polar surface area (TPSA) is 73.5 Å². The first-order chi connectivity index (χ1) is 26.5. The molecular formula is C48H48N6. The van der Waals surface area contributed by atoms with E-state index in [0.717, 1.165) is 53.2 Å². The molecule has 0 atom stereocenters. The Hall–Kier alpha value is -6.50. The van der Waals surface area contributed by atoms with Crippen molar-refractivity contribution in [3.63, 3.8) is 0 Å². The number of nitrogens with zero attached hydrogens (tertiary/aromatic N) is 4. The largest absolute Gasteiger partial charge is 0.345 e. The van der Waals surface area contributed by atoms with Crippen molar-refractivity contribution >= 4 is 57.6 Å². The molecule has 0 saturated carbocycles. The SMILES string of the molecule is CCCN.CN(c1ccccc1)c1ccc2c(/C=C/c3ccccc3)n[nH]c2c1.CN(c1ccccc1)c1ccc2c(c1)CN=C2/C=C/c1ccccc1. The van der Waals surface area contributed by atoms with Crippen LogP contribution >= 0.6 is 0 Å². The highest BCUT2D eigenvalue weighted by molar-refractivity contribution is 6.13. The van der Waals surface area contributed by atoms with Crippen LogP contribution in [0.3, 0.4) is 0 Å². The molecule has 0 radical (unpaired) electrons. The average molecular weight is 709 g/mol. The van der Waals surface area contributed by atoms with Crippen molar-refractivity contribution in [2.24, 2.45) is 10.7 Å². The van der Waals surface area contributed by atoms with Crippen LogP contribution in [0.15, 0.2) is 169 Å². The summed E-state index contributed by atoms with van der Waals surface area (Å²) in [6, 6.07) is 54.3. The van der Waals surface area contributed by atoms with Crippen LogP contribution in [-0.2, 0) is 6.54 Å². The summed E-state index contributed by atoms with van der Waals surface area (Å²) in [7, 11) is 4.17. The second-order valence-corrected chi connectivity index (χ2v) is 12.9. The molecule has 6 aromatic carbocycles. The molecule has 6 heteroatoms. The van der Waals surface area contributed by atoms with Gasteiger partial charge in [-0.15, -0.1) is 0 Å². The maximum Gasteiger partial charge on any atom is 0.0927 e. The van der Waals surface area contributed by atoms with E-state index in [2.05, 4.69) is 175 Å². The maximum absolute atomic E-state index is 5.03. The van der Waals surface area contributed by atoms with Gasteiger partial charge >= 0.3 is 0 Å². The summed E-state index contributed by atoms with van der Waals surface area (Å²) in [6.07, 6.45) is 9.47. The number of H-pyrrole nitrogens is 1. The molecule has 270 valence electrons. The summed E-state index contributed by atoms with van der Waals surface area (Å²) in [4.78, 5) is 9.08. The third kappa shape index (κ3) is 9.68. The Kier molecular flexibility index (Phi) is 13.0. The lowest BCUT2D eigenvalue weighted by Crippen LogP contribution is -2.09. The first-order valence-corrected chi connectivity index (χ1v) is 18.4. The number of aliphatic imine (C=N–C) groups is 1. The Morgan fingerprint density at radius 3 is 1.65 bits per heavy atom. The normalized spacial score (nSPS) is 11.7. The number of anilines is 4. The summed E-state index contributed by atoms with van der Waals surface area (Å²) in [6.45, 7) is 3.63.